The second-order valence-corrected chi connectivity index (χ2v) is 9.98. The first-order chi connectivity index (χ1) is 18.6. The summed E-state index contributed by atoms with van der Waals surface area (Å²) in [5.74, 6) is 3.02. The molecule has 3 atom stereocenters. The van der Waals surface area contributed by atoms with E-state index >= 15 is 0 Å². The average Bonchev–Trinajstić information content (AvgIpc) is 3.54. The van der Waals surface area contributed by atoms with E-state index in [0.717, 1.165) is 31.0 Å². The molecule has 38 heavy (non-hydrogen) atoms. The van der Waals surface area contributed by atoms with Gasteiger partial charge in [-0.25, -0.2) is 0 Å². The molecule has 2 aliphatic carbocycles. The minimum atomic E-state index is -0.153. The Labute approximate surface area is 225 Å². The lowest BCUT2D eigenvalue weighted by atomic mass is 9.95. The predicted octanol–water partition coefficient (Wildman–Crippen LogP) is 3.15. The van der Waals surface area contributed by atoms with Crippen LogP contribution in [-0.2, 0) is 9.47 Å². The number of nitrogens with zero attached hydrogens (tertiary/aromatic N) is 3. The number of hydrogen-bond acceptors (Lipinski definition) is 10. The molecule has 0 aliphatic heterocycles. The highest BCUT2D eigenvalue weighted by Gasteiger charge is 2.39. The Morgan fingerprint density at radius 3 is 2.42 bits per heavy atom. The van der Waals surface area contributed by atoms with Gasteiger partial charge in [-0.1, -0.05) is 19.8 Å². The van der Waals surface area contributed by atoms with E-state index in [9.17, 15) is 4.79 Å². The fourth-order valence-electron chi connectivity index (χ4n) is 5.12. The zero-order valence-corrected chi connectivity index (χ0v) is 22.4. The molecule has 1 aromatic heterocycles. The number of rotatable bonds is 17. The molecule has 1 heterocycles. The van der Waals surface area contributed by atoms with Crippen LogP contribution in [0.3, 0.4) is 0 Å². The third kappa shape index (κ3) is 8.50. The van der Waals surface area contributed by atoms with Crippen molar-refractivity contribution >= 4 is 29.4 Å². The van der Waals surface area contributed by atoms with E-state index in [-0.39, 0.29) is 5.91 Å². The van der Waals surface area contributed by atoms with E-state index in [1.54, 1.807) is 12.1 Å². The lowest BCUT2D eigenvalue weighted by Crippen LogP contribution is -2.27. The van der Waals surface area contributed by atoms with Crippen LogP contribution < -0.4 is 27.0 Å². The zero-order chi connectivity index (χ0) is 26.6. The molecule has 0 spiro atoms. The summed E-state index contributed by atoms with van der Waals surface area (Å²) in [5, 5.41) is 13.0. The van der Waals surface area contributed by atoms with Crippen LogP contribution in [0.5, 0.6) is 0 Å². The molecule has 6 N–H and O–H groups in total. The number of nitrogens with two attached hydrogens (primary N) is 1. The molecule has 2 bridgehead atoms. The van der Waals surface area contributed by atoms with Crippen LogP contribution >= 0.6 is 0 Å². The largest absolute Gasteiger partial charge is 0.378 e. The average molecular weight is 527 g/mol. The van der Waals surface area contributed by atoms with Crippen molar-refractivity contribution in [1.82, 2.24) is 20.3 Å². The number of benzene rings is 1. The third-order valence-electron chi connectivity index (χ3n) is 7.07. The Kier molecular flexibility index (Phi) is 10.9. The summed E-state index contributed by atoms with van der Waals surface area (Å²) in [6, 6.07) is 7.67. The summed E-state index contributed by atoms with van der Waals surface area (Å²) >= 11 is 0. The Hall–Kier alpha value is -3.02. The van der Waals surface area contributed by atoms with E-state index in [2.05, 4.69) is 43.1 Å². The molecule has 1 amide bonds. The van der Waals surface area contributed by atoms with Gasteiger partial charge in [0, 0.05) is 36.9 Å². The summed E-state index contributed by atoms with van der Waals surface area (Å²) in [6.07, 6.45) is 7.28. The van der Waals surface area contributed by atoms with Gasteiger partial charge < -0.3 is 36.5 Å². The van der Waals surface area contributed by atoms with Crippen LogP contribution in [0.25, 0.3) is 0 Å². The van der Waals surface area contributed by atoms with Crippen LogP contribution in [0.2, 0.25) is 0 Å². The van der Waals surface area contributed by atoms with Gasteiger partial charge in [-0.2, -0.15) is 15.0 Å². The third-order valence-corrected chi connectivity index (χ3v) is 7.07. The second-order valence-electron chi connectivity index (χ2n) is 9.98. The maximum Gasteiger partial charge on any atom is 0.251 e. The van der Waals surface area contributed by atoms with E-state index in [0.29, 0.717) is 74.9 Å². The highest BCUT2D eigenvalue weighted by molar-refractivity contribution is 5.94. The summed E-state index contributed by atoms with van der Waals surface area (Å²) in [7, 11) is 0. The van der Waals surface area contributed by atoms with Crippen molar-refractivity contribution in [2.75, 3.05) is 62.0 Å². The van der Waals surface area contributed by atoms with E-state index in [1.807, 2.05) is 12.1 Å². The summed E-state index contributed by atoms with van der Waals surface area (Å²) in [5.41, 5.74) is 6.72. The van der Waals surface area contributed by atoms with Crippen molar-refractivity contribution in [3.8, 4) is 0 Å². The van der Waals surface area contributed by atoms with Gasteiger partial charge in [-0.15, -0.1) is 0 Å². The number of carbonyl (C=O) groups excluding carboxylic acids is 1. The molecule has 2 aromatic rings. The van der Waals surface area contributed by atoms with Crippen molar-refractivity contribution in [2.24, 2.45) is 17.6 Å². The van der Waals surface area contributed by atoms with Gasteiger partial charge in [0.1, 0.15) is 0 Å². The lowest BCUT2D eigenvalue weighted by Gasteiger charge is -2.23. The molecular weight excluding hydrogens is 484 g/mol. The number of ether oxygens (including phenoxy) is 2. The van der Waals surface area contributed by atoms with Gasteiger partial charge >= 0.3 is 0 Å². The standard InChI is InChI=1S/C27H42N8O3/c1-2-3-11-30-25-33-26(35-27(34-25)32-23-18-19-4-5-21(23)17-19)31-22-8-6-20(7-9-22)24(36)29-12-14-38-16-15-37-13-10-28/h6-9,19,21,23H,2-5,10-18,28H2,1H3,(H,29,36)(H3,30,31,32,33,34,35). The molecule has 3 unspecified atom stereocenters. The predicted molar refractivity (Wildman–Crippen MR) is 149 cm³/mol. The van der Waals surface area contributed by atoms with E-state index in [1.165, 1.54) is 25.7 Å². The number of aromatic nitrogens is 3. The maximum atomic E-state index is 12.4. The van der Waals surface area contributed by atoms with Crippen molar-refractivity contribution in [3.63, 3.8) is 0 Å². The first-order valence-electron chi connectivity index (χ1n) is 13.9. The first kappa shape index (κ1) is 28.0. The monoisotopic (exact) mass is 526 g/mol. The molecule has 2 saturated carbocycles. The van der Waals surface area contributed by atoms with Gasteiger partial charge in [0.05, 0.1) is 26.4 Å². The van der Waals surface area contributed by atoms with Crippen molar-refractivity contribution in [2.45, 2.75) is 51.5 Å². The van der Waals surface area contributed by atoms with Gasteiger partial charge in [0.15, 0.2) is 0 Å². The number of nitrogens with one attached hydrogen (secondary N) is 4. The fourth-order valence-corrected chi connectivity index (χ4v) is 5.12. The number of hydrogen-bond donors (Lipinski definition) is 5. The maximum absolute atomic E-state index is 12.4. The van der Waals surface area contributed by atoms with Crippen LogP contribution in [0.15, 0.2) is 24.3 Å². The number of anilines is 4. The van der Waals surface area contributed by atoms with Gasteiger partial charge in [0.25, 0.3) is 5.91 Å². The van der Waals surface area contributed by atoms with E-state index in [4.69, 9.17) is 15.2 Å². The molecule has 2 aliphatic rings. The van der Waals surface area contributed by atoms with Crippen molar-refractivity contribution in [3.05, 3.63) is 29.8 Å². The van der Waals surface area contributed by atoms with Crippen LogP contribution in [0.4, 0.5) is 23.5 Å². The summed E-state index contributed by atoms with van der Waals surface area (Å²) in [4.78, 5) is 26.3. The van der Waals surface area contributed by atoms with Gasteiger partial charge in [-0.05, 0) is 61.8 Å². The highest BCUT2D eigenvalue weighted by Crippen LogP contribution is 2.45. The SMILES string of the molecule is CCCCNc1nc(Nc2ccc(C(=O)NCCOCCOCCN)cc2)nc(NC2CC3CCC2C3)n1. The second kappa shape index (κ2) is 14.8. The molecule has 0 radical (unpaired) electrons. The van der Waals surface area contributed by atoms with Crippen molar-refractivity contribution < 1.29 is 14.3 Å². The smallest absolute Gasteiger partial charge is 0.251 e. The first-order valence-corrected chi connectivity index (χ1v) is 13.9. The number of unbranched alkanes of at least 4 members (excludes halogenated alkanes) is 1. The minimum absolute atomic E-state index is 0.153. The summed E-state index contributed by atoms with van der Waals surface area (Å²) < 4.78 is 10.7. The van der Waals surface area contributed by atoms with Crippen LogP contribution in [0, 0.1) is 11.8 Å². The Morgan fingerprint density at radius 1 is 0.947 bits per heavy atom. The highest BCUT2D eigenvalue weighted by atomic mass is 16.5. The van der Waals surface area contributed by atoms with Gasteiger partial charge in [-0.3, -0.25) is 4.79 Å². The molecule has 208 valence electrons. The molecule has 11 heteroatoms. The quantitative estimate of drug-likeness (QED) is 0.195. The Balaban J connectivity index is 1.29. The summed E-state index contributed by atoms with van der Waals surface area (Å²) in [6.45, 7) is 5.80. The number of carbonyl (C=O) groups is 1. The molecule has 11 nitrogen and oxygen atoms in total. The van der Waals surface area contributed by atoms with Crippen LogP contribution in [0.1, 0.15) is 55.8 Å². The molecule has 2 fully saturated rings. The van der Waals surface area contributed by atoms with Crippen LogP contribution in [-0.4, -0.2) is 73.0 Å². The molecular formula is C27H42N8O3. The minimum Gasteiger partial charge on any atom is -0.378 e. The van der Waals surface area contributed by atoms with Crippen molar-refractivity contribution in [1.29, 1.82) is 0 Å². The molecule has 0 saturated heterocycles. The van der Waals surface area contributed by atoms with E-state index < -0.39 is 0 Å². The normalized spacial score (nSPS) is 19.9. The van der Waals surface area contributed by atoms with Gasteiger partial charge in [0.2, 0.25) is 17.8 Å². The Morgan fingerprint density at radius 2 is 1.71 bits per heavy atom. The lowest BCUT2D eigenvalue weighted by molar-refractivity contribution is 0.0511. The topological polar surface area (TPSA) is 148 Å². The molecule has 4 rings (SSSR count). The number of amides is 1. The zero-order valence-electron chi connectivity index (χ0n) is 22.4. The molecule has 1 aromatic carbocycles. The Bertz CT molecular complexity index is 1010. The number of fused-ring (bicyclic) bond motifs is 2. The fraction of sp³-hybridized carbons (Fsp3) is 0.630.